The first kappa shape index (κ1) is 20.5. The first-order valence-corrected chi connectivity index (χ1v) is 12.1. The van der Waals surface area contributed by atoms with Crippen molar-refractivity contribution in [1.82, 2.24) is 0 Å². The maximum absolute atomic E-state index is 10.8. The number of hydrogen-bond donors (Lipinski definition) is 2. The minimum absolute atomic E-state index is 0.245. The fraction of sp³-hybridized carbons (Fsp3) is 0. The zero-order valence-electron chi connectivity index (χ0n) is 19.4. The molecule has 0 spiro atoms. The lowest BCUT2D eigenvalue weighted by atomic mass is 9.86. The van der Waals surface area contributed by atoms with Crippen molar-refractivity contribution in [3.63, 3.8) is 0 Å². The lowest BCUT2D eigenvalue weighted by Gasteiger charge is -2.17. The van der Waals surface area contributed by atoms with Gasteiger partial charge in [-0.05, 0) is 79.5 Å². The average Bonchev–Trinajstić information content (AvgIpc) is 3.04. The second-order valence-electron chi connectivity index (χ2n) is 9.23. The van der Waals surface area contributed by atoms with Crippen molar-refractivity contribution in [2.75, 3.05) is 0 Å². The Labute approximate surface area is 209 Å². The molecule has 0 saturated carbocycles. The van der Waals surface area contributed by atoms with Crippen LogP contribution in [0.4, 0.5) is 0 Å². The summed E-state index contributed by atoms with van der Waals surface area (Å²) >= 11 is 0. The Hall–Kier alpha value is -4.82. The molecule has 7 rings (SSSR count). The molecule has 36 heavy (non-hydrogen) atoms. The van der Waals surface area contributed by atoms with E-state index in [4.69, 9.17) is 0 Å². The van der Waals surface area contributed by atoms with Crippen LogP contribution >= 0.6 is 0 Å². The van der Waals surface area contributed by atoms with Gasteiger partial charge in [0.05, 0.1) is 0 Å². The normalized spacial score (nSPS) is 11.6. The first-order valence-electron chi connectivity index (χ1n) is 12.1. The van der Waals surface area contributed by atoms with Gasteiger partial charge in [0, 0.05) is 11.1 Å². The molecule has 6 aromatic carbocycles. The lowest BCUT2D eigenvalue weighted by molar-refractivity contribution is 0.477. The van der Waals surface area contributed by atoms with E-state index in [2.05, 4.69) is 72.8 Å². The topological polar surface area (TPSA) is 40.5 Å². The molecule has 0 amide bonds. The summed E-state index contributed by atoms with van der Waals surface area (Å²) < 4.78 is 0. The number of hydrogen-bond acceptors (Lipinski definition) is 2. The summed E-state index contributed by atoms with van der Waals surface area (Å²) in [5.41, 5.74) is 10.5. The Morgan fingerprint density at radius 3 is 1.36 bits per heavy atom. The van der Waals surface area contributed by atoms with Crippen LogP contribution in [0.5, 0.6) is 11.5 Å². The van der Waals surface area contributed by atoms with Crippen LogP contribution in [0.15, 0.2) is 121 Å². The van der Waals surface area contributed by atoms with Crippen LogP contribution in [0.2, 0.25) is 0 Å². The quantitative estimate of drug-likeness (QED) is 0.269. The molecule has 1 aliphatic carbocycles. The summed E-state index contributed by atoms with van der Waals surface area (Å²) in [6.45, 7) is 0. The van der Waals surface area contributed by atoms with Gasteiger partial charge in [0.25, 0.3) is 0 Å². The van der Waals surface area contributed by atoms with E-state index >= 15 is 0 Å². The molecule has 170 valence electrons. The van der Waals surface area contributed by atoms with E-state index in [1.54, 1.807) is 12.1 Å². The van der Waals surface area contributed by atoms with Gasteiger partial charge in [0.2, 0.25) is 0 Å². The standard InChI is InChI=1S/C34H22O2/c35-32-15-7-5-9-22(32)21-19-30-26-13-4-2-11-24(26)23-10-1-3-12-25(23)29-18-17-27(31(20-21)34(29)30)28-14-6-8-16-33(28)36/h1-20,35-36H. The van der Waals surface area contributed by atoms with Gasteiger partial charge in [-0.1, -0.05) is 97.1 Å². The summed E-state index contributed by atoms with van der Waals surface area (Å²) in [5.74, 6) is 0.492. The highest BCUT2D eigenvalue weighted by molar-refractivity contribution is 6.18. The van der Waals surface area contributed by atoms with E-state index in [9.17, 15) is 10.2 Å². The summed E-state index contributed by atoms with van der Waals surface area (Å²) in [4.78, 5) is 0. The Bertz CT molecular complexity index is 1810. The fourth-order valence-electron chi connectivity index (χ4n) is 5.64. The van der Waals surface area contributed by atoms with Crippen molar-refractivity contribution < 1.29 is 10.2 Å². The average molecular weight is 463 g/mol. The molecule has 0 unspecified atom stereocenters. The Morgan fingerprint density at radius 2 is 0.778 bits per heavy atom. The van der Waals surface area contributed by atoms with E-state index in [1.165, 1.54) is 16.7 Å². The molecule has 2 N–H and O–H groups in total. The monoisotopic (exact) mass is 462 g/mol. The second-order valence-corrected chi connectivity index (χ2v) is 9.23. The third-order valence-electron chi connectivity index (χ3n) is 7.25. The minimum Gasteiger partial charge on any atom is -0.507 e. The highest BCUT2D eigenvalue weighted by Gasteiger charge is 2.24. The number of phenolic OH excluding ortho intramolecular Hbond substituents is 2. The van der Waals surface area contributed by atoms with Crippen LogP contribution in [-0.4, -0.2) is 10.2 Å². The van der Waals surface area contributed by atoms with E-state index in [1.807, 2.05) is 36.4 Å². The molecule has 6 aromatic rings. The Balaban J connectivity index is 1.70. The molecule has 0 atom stereocenters. The van der Waals surface area contributed by atoms with Crippen LogP contribution in [0.1, 0.15) is 0 Å². The van der Waals surface area contributed by atoms with Gasteiger partial charge in [-0.3, -0.25) is 0 Å². The van der Waals surface area contributed by atoms with Gasteiger partial charge in [0.15, 0.2) is 0 Å². The van der Waals surface area contributed by atoms with Gasteiger partial charge in [-0.15, -0.1) is 0 Å². The molecule has 0 fully saturated rings. The summed E-state index contributed by atoms with van der Waals surface area (Å²) in [5, 5.41) is 23.7. The van der Waals surface area contributed by atoms with Crippen molar-refractivity contribution in [3.05, 3.63) is 121 Å². The van der Waals surface area contributed by atoms with Crippen LogP contribution in [0, 0.1) is 0 Å². The molecule has 0 aromatic heterocycles. The number of para-hydroxylation sites is 2. The number of aromatic hydroxyl groups is 2. The zero-order valence-corrected chi connectivity index (χ0v) is 19.4. The van der Waals surface area contributed by atoms with Crippen LogP contribution < -0.4 is 0 Å². The van der Waals surface area contributed by atoms with Gasteiger partial charge in [-0.25, -0.2) is 0 Å². The molecule has 0 aliphatic heterocycles. The smallest absolute Gasteiger partial charge is 0.123 e. The van der Waals surface area contributed by atoms with Crippen molar-refractivity contribution in [3.8, 4) is 67.1 Å². The van der Waals surface area contributed by atoms with E-state index in [0.717, 1.165) is 49.7 Å². The van der Waals surface area contributed by atoms with Gasteiger partial charge < -0.3 is 10.2 Å². The van der Waals surface area contributed by atoms with E-state index in [0.29, 0.717) is 0 Å². The Kier molecular flexibility index (Phi) is 4.49. The molecule has 0 radical (unpaired) electrons. The van der Waals surface area contributed by atoms with Gasteiger partial charge >= 0.3 is 0 Å². The predicted octanol–water partition coefficient (Wildman–Crippen LogP) is 8.90. The number of rotatable bonds is 2. The molecule has 2 nitrogen and oxygen atoms in total. The molecule has 0 saturated heterocycles. The van der Waals surface area contributed by atoms with Crippen molar-refractivity contribution in [2.24, 2.45) is 0 Å². The van der Waals surface area contributed by atoms with Crippen molar-refractivity contribution in [1.29, 1.82) is 0 Å². The van der Waals surface area contributed by atoms with Gasteiger partial charge in [0.1, 0.15) is 11.5 Å². The first-order chi connectivity index (χ1) is 17.7. The second kappa shape index (κ2) is 7.86. The number of benzene rings is 6. The van der Waals surface area contributed by atoms with Crippen molar-refractivity contribution >= 4 is 10.8 Å². The number of phenols is 2. The SMILES string of the molecule is Oc1ccccc1-c1cc2c3c(ccc(-c4ccccc4O)c3c1)-c1ccccc1-c1ccccc1-2. The summed E-state index contributed by atoms with van der Waals surface area (Å²) in [7, 11) is 0. The van der Waals surface area contributed by atoms with E-state index in [-0.39, 0.29) is 11.5 Å². The minimum atomic E-state index is 0.245. The zero-order chi connectivity index (χ0) is 24.2. The van der Waals surface area contributed by atoms with Crippen LogP contribution in [0.3, 0.4) is 0 Å². The Morgan fingerprint density at radius 1 is 0.333 bits per heavy atom. The largest absolute Gasteiger partial charge is 0.507 e. The highest BCUT2D eigenvalue weighted by Crippen LogP contribution is 2.51. The van der Waals surface area contributed by atoms with Crippen molar-refractivity contribution in [2.45, 2.75) is 0 Å². The predicted molar refractivity (Wildman–Crippen MR) is 148 cm³/mol. The number of fused-ring (bicyclic) bond motifs is 5. The maximum atomic E-state index is 10.8. The molecule has 0 bridgehead atoms. The summed E-state index contributed by atoms with van der Waals surface area (Å²) in [6, 6.07) is 40.6. The summed E-state index contributed by atoms with van der Waals surface area (Å²) in [6.07, 6.45) is 0. The lowest BCUT2D eigenvalue weighted by Crippen LogP contribution is -1.91. The van der Waals surface area contributed by atoms with Gasteiger partial charge in [-0.2, -0.15) is 0 Å². The third-order valence-corrected chi connectivity index (χ3v) is 7.25. The molecular weight excluding hydrogens is 440 g/mol. The molecular formula is C34H22O2. The van der Waals surface area contributed by atoms with Crippen LogP contribution in [-0.2, 0) is 0 Å². The maximum Gasteiger partial charge on any atom is 0.123 e. The van der Waals surface area contributed by atoms with E-state index < -0.39 is 0 Å². The highest BCUT2D eigenvalue weighted by atomic mass is 16.3. The molecule has 2 heteroatoms. The third kappa shape index (κ3) is 2.98. The van der Waals surface area contributed by atoms with Crippen LogP contribution in [0.25, 0.3) is 66.4 Å². The molecule has 0 heterocycles. The fourth-order valence-corrected chi connectivity index (χ4v) is 5.64. The molecule has 1 aliphatic rings.